The fourth-order valence-electron chi connectivity index (χ4n) is 3.61. The maximum absolute atomic E-state index is 13.9. The number of aliphatic imine (C=N–C) groups is 1. The highest BCUT2D eigenvalue weighted by atomic mass is 32.1. The minimum absolute atomic E-state index is 0.195. The summed E-state index contributed by atoms with van der Waals surface area (Å²) >= 11 is 1.66. The summed E-state index contributed by atoms with van der Waals surface area (Å²) in [4.78, 5) is 11.6. The Labute approximate surface area is 170 Å². The van der Waals surface area contributed by atoms with Gasteiger partial charge in [0.05, 0.1) is 23.8 Å². The van der Waals surface area contributed by atoms with Crippen molar-refractivity contribution in [1.29, 1.82) is 0 Å². The van der Waals surface area contributed by atoms with Gasteiger partial charge in [-0.1, -0.05) is 12.1 Å². The number of guanidine groups is 1. The van der Waals surface area contributed by atoms with Gasteiger partial charge >= 0.3 is 0 Å². The molecule has 2 aromatic rings. The Bertz CT molecular complexity index is 801. The van der Waals surface area contributed by atoms with Crippen LogP contribution in [0.2, 0.25) is 0 Å². The summed E-state index contributed by atoms with van der Waals surface area (Å²) in [5.74, 6) is 0.644. The summed E-state index contributed by atoms with van der Waals surface area (Å²) < 4.78 is 19.5. The van der Waals surface area contributed by atoms with Gasteiger partial charge in [-0.2, -0.15) is 0 Å². The molecule has 28 heavy (non-hydrogen) atoms. The number of thiazole rings is 1. The molecular weight excluding hydrogens is 375 g/mol. The number of nitrogens with one attached hydrogen (secondary N) is 1. The largest absolute Gasteiger partial charge is 0.381 e. The first-order valence-corrected chi connectivity index (χ1v) is 10.6. The standard InChI is InChI=1S/C21H29FN4OS/c1-4-23-20(26(3)13-19-14-28-16(2)25-19)24-15-21(8-10-27-11-9-21)17-6-5-7-18(22)12-17/h5-7,12,14H,4,8-11,13,15H2,1-3H3,(H,23,24). The Kier molecular flexibility index (Phi) is 7.02. The van der Waals surface area contributed by atoms with Crippen molar-refractivity contribution in [3.63, 3.8) is 0 Å². The number of aryl methyl sites for hydroxylation is 1. The second-order valence-corrected chi connectivity index (χ2v) is 8.35. The molecule has 5 nitrogen and oxygen atoms in total. The van der Waals surface area contributed by atoms with Crippen molar-refractivity contribution in [2.75, 3.05) is 33.4 Å². The van der Waals surface area contributed by atoms with Gasteiger partial charge in [-0.25, -0.2) is 9.37 Å². The van der Waals surface area contributed by atoms with Gasteiger partial charge in [0.15, 0.2) is 5.96 Å². The van der Waals surface area contributed by atoms with E-state index in [-0.39, 0.29) is 11.2 Å². The van der Waals surface area contributed by atoms with Crippen LogP contribution in [0.15, 0.2) is 34.6 Å². The third-order valence-corrected chi connectivity index (χ3v) is 6.00. The van der Waals surface area contributed by atoms with Crippen molar-refractivity contribution in [1.82, 2.24) is 15.2 Å². The fraction of sp³-hybridized carbons (Fsp3) is 0.524. The molecule has 3 rings (SSSR count). The summed E-state index contributed by atoms with van der Waals surface area (Å²) in [5.41, 5.74) is 1.86. The molecule has 7 heteroatoms. The van der Waals surface area contributed by atoms with Gasteiger partial charge < -0.3 is 15.0 Å². The van der Waals surface area contributed by atoms with E-state index in [1.807, 2.05) is 20.0 Å². The van der Waals surface area contributed by atoms with E-state index in [0.29, 0.717) is 26.3 Å². The van der Waals surface area contributed by atoms with Crippen LogP contribution in [0.4, 0.5) is 4.39 Å². The molecule has 0 aliphatic carbocycles. The zero-order valence-electron chi connectivity index (χ0n) is 16.9. The van der Waals surface area contributed by atoms with Gasteiger partial charge in [0.1, 0.15) is 5.82 Å². The third-order valence-electron chi connectivity index (χ3n) is 5.18. The Morgan fingerprint density at radius 1 is 1.39 bits per heavy atom. The second-order valence-electron chi connectivity index (χ2n) is 7.29. The molecule has 0 radical (unpaired) electrons. The van der Waals surface area contributed by atoms with Crippen LogP contribution >= 0.6 is 11.3 Å². The molecule has 0 amide bonds. The van der Waals surface area contributed by atoms with Crippen LogP contribution in [0, 0.1) is 12.7 Å². The predicted molar refractivity (Wildman–Crippen MR) is 112 cm³/mol. The summed E-state index contributed by atoms with van der Waals surface area (Å²) in [5, 5.41) is 6.53. The lowest BCUT2D eigenvalue weighted by molar-refractivity contribution is 0.0529. The topological polar surface area (TPSA) is 49.8 Å². The average Bonchev–Trinajstić information content (AvgIpc) is 3.10. The van der Waals surface area contributed by atoms with Crippen molar-refractivity contribution in [2.24, 2.45) is 4.99 Å². The molecule has 0 spiro atoms. The molecule has 2 heterocycles. The maximum Gasteiger partial charge on any atom is 0.194 e. The van der Waals surface area contributed by atoms with E-state index < -0.39 is 0 Å². The molecule has 0 atom stereocenters. The molecule has 1 aromatic carbocycles. The molecule has 0 saturated carbocycles. The van der Waals surface area contributed by atoms with Crippen LogP contribution in [-0.2, 0) is 16.7 Å². The first-order chi connectivity index (χ1) is 13.5. The number of hydrogen-bond donors (Lipinski definition) is 1. The van der Waals surface area contributed by atoms with Gasteiger partial charge in [0, 0.05) is 37.6 Å². The SMILES string of the molecule is CCNC(=NCC1(c2cccc(F)c2)CCOCC1)N(C)Cc1csc(C)n1. The van der Waals surface area contributed by atoms with Crippen molar-refractivity contribution in [2.45, 2.75) is 38.6 Å². The van der Waals surface area contributed by atoms with Gasteiger partial charge in [-0.3, -0.25) is 4.99 Å². The first kappa shape index (κ1) is 20.7. The van der Waals surface area contributed by atoms with E-state index in [0.717, 1.165) is 41.6 Å². The molecule has 1 aromatic heterocycles. The second kappa shape index (κ2) is 9.47. The molecular formula is C21H29FN4OS. The highest BCUT2D eigenvalue weighted by molar-refractivity contribution is 7.09. The van der Waals surface area contributed by atoms with Crippen molar-refractivity contribution in [3.8, 4) is 0 Å². The Morgan fingerprint density at radius 3 is 2.82 bits per heavy atom. The first-order valence-electron chi connectivity index (χ1n) is 9.77. The van der Waals surface area contributed by atoms with Crippen molar-refractivity contribution in [3.05, 3.63) is 51.7 Å². The van der Waals surface area contributed by atoms with Gasteiger partial charge in [-0.05, 0) is 44.4 Å². The normalized spacial score (nSPS) is 16.8. The van der Waals surface area contributed by atoms with Crippen LogP contribution < -0.4 is 5.32 Å². The molecule has 0 bridgehead atoms. The lowest BCUT2D eigenvalue weighted by atomic mass is 9.74. The Balaban J connectivity index is 1.81. The molecule has 1 N–H and O–H groups in total. The molecule has 0 unspecified atom stereocenters. The molecule has 152 valence electrons. The van der Waals surface area contributed by atoms with Gasteiger partial charge in [0.2, 0.25) is 0 Å². The smallest absolute Gasteiger partial charge is 0.194 e. The lowest BCUT2D eigenvalue weighted by Crippen LogP contribution is -2.42. The summed E-state index contributed by atoms with van der Waals surface area (Å²) in [6.45, 7) is 7.52. The monoisotopic (exact) mass is 404 g/mol. The minimum Gasteiger partial charge on any atom is -0.381 e. The Hall–Kier alpha value is -1.99. The molecule has 1 aliphatic heterocycles. The van der Waals surface area contributed by atoms with Gasteiger partial charge in [0.25, 0.3) is 0 Å². The van der Waals surface area contributed by atoms with Crippen LogP contribution in [-0.4, -0.2) is 49.2 Å². The zero-order valence-corrected chi connectivity index (χ0v) is 17.7. The van der Waals surface area contributed by atoms with Crippen molar-refractivity contribution >= 4 is 17.3 Å². The highest BCUT2D eigenvalue weighted by Crippen LogP contribution is 2.35. The zero-order chi connectivity index (χ0) is 20.0. The summed E-state index contributed by atoms with van der Waals surface area (Å²) in [7, 11) is 2.02. The van der Waals surface area contributed by atoms with E-state index in [9.17, 15) is 4.39 Å². The predicted octanol–water partition coefficient (Wildman–Crippen LogP) is 3.74. The van der Waals surface area contributed by atoms with Crippen LogP contribution in [0.1, 0.15) is 36.0 Å². The number of rotatable bonds is 6. The van der Waals surface area contributed by atoms with Crippen molar-refractivity contribution < 1.29 is 9.13 Å². The summed E-state index contributed by atoms with van der Waals surface area (Å²) in [6.07, 6.45) is 1.68. The lowest BCUT2D eigenvalue weighted by Gasteiger charge is -2.37. The number of nitrogens with zero attached hydrogens (tertiary/aromatic N) is 3. The van der Waals surface area contributed by atoms with E-state index >= 15 is 0 Å². The Morgan fingerprint density at radius 2 is 2.18 bits per heavy atom. The maximum atomic E-state index is 13.9. The van der Waals surface area contributed by atoms with E-state index in [1.54, 1.807) is 23.5 Å². The van der Waals surface area contributed by atoms with Crippen LogP contribution in [0.25, 0.3) is 0 Å². The average molecular weight is 405 g/mol. The number of halogens is 1. The quantitative estimate of drug-likeness (QED) is 0.589. The van der Waals surface area contributed by atoms with Crippen LogP contribution in [0.3, 0.4) is 0 Å². The number of aromatic nitrogens is 1. The van der Waals surface area contributed by atoms with Crippen LogP contribution in [0.5, 0.6) is 0 Å². The highest BCUT2D eigenvalue weighted by Gasteiger charge is 2.35. The van der Waals surface area contributed by atoms with E-state index in [2.05, 4.69) is 27.5 Å². The number of benzene rings is 1. The number of ether oxygens (including phenoxy) is 1. The van der Waals surface area contributed by atoms with E-state index in [4.69, 9.17) is 9.73 Å². The molecule has 1 fully saturated rings. The molecule has 1 saturated heterocycles. The third kappa shape index (κ3) is 5.08. The minimum atomic E-state index is -0.199. The summed E-state index contributed by atoms with van der Waals surface area (Å²) in [6, 6.07) is 6.94. The fourth-order valence-corrected chi connectivity index (χ4v) is 4.22. The number of hydrogen-bond acceptors (Lipinski definition) is 4. The molecule has 1 aliphatic rings. The van der Waals surface area contributed by atoms with E-state index in [1.165, 1.54) is 6.07 Å². The van der Waals surface area contributed by atoms with Gasteiger partial charge in [-0.15, -0.1) is 11.3 Å².